The number of aromatic nitrogens is 2. The molecular formula is C24H30N4. The van der Waals surface area contributed by atoms with Crippen LogP contribution in [0.15, 0.2) is 61.1 Å². The first-order valence-corrected chi connectivity index (χ1v) is 10.2. The molecule has 0 radical (unpaired) electrons. The largest absolute Gasteiger partial charge is 0.370 e. The van der Waals surface area contributed by atoms with Crippen molar-refractivity contribution in [2.75, 3.05) is 32.7 Å². The smallest absolute Gasteiger partial charge is 0.159 e. The molecular weight excluding hydrogens is 344 g/mol. The number of rotatable bonds is 5. The van der Waals surface area contributed by atoms with Crippen molar-refractivity contribution in [3.05, 3.63) is 66.6 Å². The second-order valence-corrected chi connectivity index (χ2v) is 8.77. The van der Waals surface area contributed by atoms with E-state index in [1.54, 1.807) is 12.4 Å². The van der Waals surface area contributed by atoms with Gasteiger partial charge in [-0.25, -0.2) is 9.97 Å². The monoisotopic (exact) mass is 374 g/mol. The quantitative estimate of drug-likeness (QED) is 0.772. The van der Waals surface area contributed by atoms with E-state index in [-0.39, 0.29) is 0 Å². The molecule has 0 saturated carbocycles. The molecule has 1 saturated heterocycles. The average Bonchev–Trinajstić information content (AvgIpc) is 3.07. The van der Waals surface area contributed by atoms with Crippen molar-refractivity contribution >= 4 is 5.57 Å². The summed E-state index contributed by atoms with van der Waals surface area (Å²) in [6.45, 7) is 14.5. The van der Waals surface area contributed by atoms with Crippen molar-refractivity contribution in [2.45, 2.75) is 26.7 Å². The van der Waals surface area contributed by atoms with Gasteiger partial charge in [0.05, 0.1) is 0 Å². The number of nitrogens with zero attached hydrogens (tertiary/aromatic N) is 4. The van der Waals surface area contributed by atoms with E-state index in [1.807, 2.05) is 6.07 Å². The zero-order valence-electron chi connectivity index (χ0n) is 17.1. The van der Waals surface area contributed by atoms with Gasteiger partial charge >= 0.3 is 0 Å². The second-order valence-electron chi connectivity index (χ2n) is 8.77. The lowest BCUT2D eigenvalue weighted by Gasteiger charge is -2.32. The molecule has 1 fully saturated rings. The van der Waals surface area contributed by atoms with Crippen molar-refractivity contribution in [1.82, 2.24) is 19.8 Å². The first-order valence-electron chi connectivity index (χ1n) is 10.2. The maximum absolute atomic E-state index is 4.37. The Labute approximate surface area is 168 Å². The average molecular weight is 375 g/mol. The van der Waals surface area contributed by atoms with Crippen LogP contribution in [0.2, 0.25) is 0 Å². The number of hydrogen-bond donors (Lipinski definition) is 0. The van der Waals surface area contributed by atoms with Gasteiger partial charge in [-0.1, -0.05) is 50.8 Å². The number of likely N-dealkylation sites (tertiary alicyclic amines) is 1. The molecule has 4 nitrogen and oxygen atoms in total. The Hall–Kier alpha value is -2.46. The van der Waals surface area contributed by atoms with E-state index in [0.717, 1.165) is 37.4 Å². The molecule has 0 N–H and O–H groups in total. The lowest BCUT2D eigenvalue weighted by atomic mass is 9.93. The van der Waals surface area contributed by atoms with Crippen LogP contribution < -0.4 is 0 Å². The fourth-order valence-corrected chi connectivity index (χ4v) is 4.22. The van der Waals surface area contributed by atoms with Gasteiger partial charge in [0.25, 0.3) is 0 Å². The highest BCUT2D eigenvalue weighted by molar-refractivity contribution is 5.69. The summed E-state index contributed by atoms with van der Waals surface area (Å²) in [4.78, 5) is 13.6. The summed E-state index contributed by atoms with van der Waals surface area (Å²) in [7, 11) is 0. The van der Waals surface area contributed by atoms with Crippen LogP contribution in [0, 0.1) is 5.41 Å². The van der Waals surface area contributed by atoms with Gasteiger partial charge in [-0.15, -0.1) is 0 Å². The van der Waals surface area contributed by atoms with Crippen molar-refractivity contribution < 1.29 is 0 Å². The summed E-state index contributed by atoms with van der Waals surface area (Å²) in [6, 6.07) is 10.5. The Morgan fingerprint density at radius 2 is 1.79 bits per heavy atom. The minimum Gasteiger partial charge on any atom is -0.370 e. The van der Waals surface area contributed by atoms with Crippen molar-refractivity contribution in [3.8, 4) is 11.4 Å². The molecule has 28 heavy (non-hydrogen) atoms. The second kappa shape index (κ2) is 7.88. The molecule has 0 aliphatic carbocycles. The molecule has 4 rings (SSSR count). The third-order valence-corrected chi connectivity index (χ3v) is 5.90. The van der Waals surface area contributed by atoms with E-state index in [0.29, 0.717) is 5.41 Å². The fourth-order valence-electron chi connectivity index (χ4n) is 4.22. The summed E-state index contributed by atoms with van der Waals surface area (Å²) < 4.78 is 0. The molecule has 1 aromatic carbocycles. The van der Waals surface area contributed by atoms with Crippen LogP contribution in [0.5, 0.6) is 0 Å². The molecule has 1 aromatic heterocycles. The zero-order chi connectivity index (χ0) is 19.6. The van der Waals surface area contributed by atoms with Crippen LogP contribution in [0.4, 0.5) is 0 Å². The molecule has 0 unspecified atom stereocenters. The van der Waals surface area contributed by atoms with Crippen LogP contribution in [-0.4, -0.2) is 52.5 Å². The van der Waals surface area contributed by atoms with Gasteiger partial charge in [0.1, 0.15) is 0 Å². The van der Waals surface area contributed by atoms with Gasteiger partial charge in [0.2, 0.25) is 0 Å². The maximum atomic E-state index is 4.37. The molecule has 2 aliphatic rings. The van der Waals surface area contributed by atoms with Gasteiger partial charge in [0.15, 0.2) is 5.82 Å². The molecule has 2 aliphatic heterocycles. The summed E-state index contributed by atoms with van der Waals surface area (Å²) in [6.07, 6.45) is 8.27. The standard InChI is InChI=1S/C24H30N4/c1-19(17-27-16-11-24(2,3)18-27)28-14-9-21(10-15-28)20-5-7-22(8-6-20)23-25-12-4-13-26-23/h4-9,12-13H,1,10-11,14-18H2,2-3H3. The summed E-state index contributed by atoms with van der Waals surface area (Å²) in [5, 5.41) is 0. The number of benzene rings is 1. The first-order chi connectivity index (χ1) is 13.5. The third-order valence-electron chi connectivity index (χ3n) is 5.90. The highest BCUT2D eigenvalue weighted by Gasteiger charge is 2.29. The molecule has 0 bridgehead atoms. The lowest BCUT2D eigenvalue weighted by Crippen LogP contribution is -2.34. The van der Waals surface area contributed by atoms with Crippen LogP contribution in [0.1, 0.15) is 32.3 Å². The molecule has 2 aromatic rings. The summed E-state index contributed by atoms with van der Waals surface area (Å²) in [5.74, 6) is 0.777. The highest BCUT2D eigenvalue weighted by atomic mass is 15.2. The van der Waals surface area contributed by atoms with E-state index in [9.17, 15) is 0 Å². The fraction of sp³-hybridized carbons (Fsp3) is 0.417. The Morgan fingerprint density at radius 1 is 1.07 bits per heavy atom. The highest BCUT2D eigenvalue weighted by Crippen LogP contribution is 2.30. The molecule has 146 valence electrons. The van der Waals surface area contributed by atoms with Gasteiger partial charge in [-0.2, -0.15) is 0 Å². The molecule has 0 spiro atoms. The SMILES string of the molecule is C=C(CN1CCC(C)(C)C1)N1CC=C(c2ccc(-c3ncccn3)cc2)CC1. The predicted molar refractivity (Wildman–Crippen MR) is 116 cm³/mol. The minimum atomic E-state index is 0.451. The Bertz CT molecular complexity index is 852. The normalized spacial score (nSPS) is 19.5. The number of hydrogen-bond acceptors (Lipinski definition) is 4. The van der Waals surface area contributed by atoms with Crippen LogP contribution >= 0.6 is 0 Å². The van der Waals surface area contributed by atoms with E-state index in [2.05, 4.69) is 70.5 Å². The van der Waals surface area contributed by atoms with Gasteiger partial charge in [-0.3, -0.25) is 4.90 Å². The Kier molecular flexibility index (Phi) is 5.31. The van der Waals surface area contributed by atoms with Gasteiger partial charge in [0, 0.05) is 49.8 Å². The minimum absolute atomic E-state index is 0.451. The van der Waals surface area contributed by atoms with E-state index >= 15 is 0 Å². The molecule has 3 heterocycles. The van der Waals surface area contributed by atoms with Crippen LogP contribution in [0.25, 0.3) is 17.0 Å². The maximum Gasteiger partial charge on any atom is 0.159 e. The summed E-state index contributed by atoms with van der Waals surface area (Å²) in [5.41, 5.74) is 5.48. The third kappa shape index (κ3) is 4.33. The van der Waals surface area contributed by atoms with Crippen LogP contribution in [-0.2, 0) is 0 Å². The molecule has 4 heteroatoms. The zero-order valence-corrected chi connectivity index (χ0v) is 17.1. The lowest BCUT2D eigenvalue weighted by molar-refractivity contribution is 0.271. The Morgan fingerprint density at radius 3 is 2.39 bits per heavy atom. The van der Waals surface area contributed by atoms with Gasteiger partial charge in [-0.05, 0) is 42.0 Å². The molecule has 0 atom stereocenters. The van der Waals surface area contributed by atoms with E-state index < -0.39 is 0 Å². The van der Waals surface area contributed by atoms with E-state index in [4.69, 9.17) is 0 Å². The topological polar surface area (TPSA) is 32.3 Å². The van der Waals surface area contributed by atoms with E-state index in [1.165, 1.54) is 36.3 Å². The summed E-state index contributed by atoms with van der Waals surface area (Å²) >= 11 is 0. The molecule has 0 amide bonds. The predicted octanol–water partition coefficient (Wildman–Crippen LogP) is 4.48. The van der Waals surface area contributed by atoms with Gasteiger partial charge < -0.3 is 4.90 Å². The van der Waals surface area contributed by atoms with Crippen molar-refractivity contribution in [1.29, 1.82) is 0 Å². The van der Waals surface area contributed by atoms with Crippen LogP contribution in [0.3, 0.4) is 0 Å². The Balaban J connectivity index is 1.35. The first kappa shape index (κ1) is 18.9. The van der Waals surface area contributed by atoms with Crippen molar-refractivity contribution in [3.63, 3.8) is 0 Å². The van der Waals surface area contributed by atoms with Crippen molar-refractivity contribution in [2.24, 2.45) is 5.41 Å².